The summed E-state index contributed by atoms with van der Waals surface area (Å²) in [5.74, 6) is 0.642. The van der Waals surface area contributed by atoms with Crippen LogP contribution in [0.25, 0.3) is 10.2 Å². The van der Waals surface area contributed by atoms with Crippen molar-refractivity contribution in [3.05, 3.63) is 58.4 Å². The zero-order chi connectivity index (χ0) is 16.4. The quantitative estimate of drug-likeness (QED) is 0.742. The van der Waals surface area contributed by atoms with Crippen LogP contribution in [0.3, 0.4) is 0 Å². The van der Waals surface area contributed by atoms with Gasteiger partial charge in [-0.1, -0.05) is 47.2 Å². The van der Waals surface area contributed by atoms with Crippen molar-refractivity contribution in [3.63, 3.8) is 0 Å². The molecule has 1 aromatic heterocycles. The number of aromatic nitrogens is 1. The third-order valence-electron chi connectivity index (χ3n) is 3.70. The van der Waals surface area contributed by atoms with Crippen LogP contribution < -0.4 is 9.54 Å². The predicted octanol–water partition coefficient (Wildman–Crippen LogP) is 3.23. The molecule has 0 N–H and O–H groups in total. The van der Waals surface area contributed by atoms with Gasteiger partial charge in [-0.25, -0.2) is 0 Å². The highest BCUT2D eigenvalue weighted by Crippen LogP contribution is 2.26. The number of hydrogen-bond donors (Lipinski definition) is 0. The van der Waals surface area contributed by atoms with Crippen molar-refractivity contribution < 1.29 is 9.53 Å². The van der Waals surface area contributed by atoms with E-state index in [4.69, 9.17) is 4.74 Å². The Morgan fingerprint density at radius 3 is 2.65 bits per heavy atom. The summed E-state index contributed by atoms with van der Waals surface area (Å²) in [6, 6.07) is 13.8. The molecule has 3 rings (SSSR count). The number of nitrogens with zero attached hydrogens (tertiary/aromatic N) is 2. The third kappa shape index (κ3) is 3.19. The fourth-order valence-corrected chi connectivity index (χ4v) is 3.52. The summed E-state index contributed by atoms with van der Waals surface area (Å²) in [5, 5.41) is 0. The SMILES string of the molecule is COc1cccc2sc(=NC(=O)Cc3ccc(C)cc3)n(C)c12. The molecule has 0 aliphatic rings. The zero-order valence-corrected chi connectivity index (χ0v) is 14.2. The van der Waals surface area contributed by atoms with Crippen molar-refractivity contribution in [1.82, 2.24) is 4.57 Å². The number of para-hydroxylation sites is 1. The van der Waals surface area contributed by atoms with E-state index >= 15 is 0 Å². The summed E-state index contributed by atoms with van der Waals surface area (Å²) >= 11 is 1.49. The zero-order valence-electron chi connectivity index (χ0n) is 13.4. The van der Waals surface area contributed by atoms with Crippen LogP contribution in [0.4, 0.5) is 0 Å². The molecule has 2 aromatic carbocycles. The lowest BCUT2D eigenvalue weighted by atomic mass is 10.1. The largest absolute Gasteiger partial charge is 0.495 e. The molecule has 0 saturated heterocycles. The lowest BCUT2D eigenvalue weighted by Crippen LogP contribution is -2.14. The molecule has 1 heterocycles. The van der Waals surface area contributed by atoms with Crippen LogP contribution in [0.5, 0.6) is 5.75 Å². The first-order chi connectivity index (χ1) is 11.1. The van der Waals surface area contributed by atoms with Crippen LogP contribution in [0.2, 0.25) is 0 Å². The predicted molar refractivity (Wildman–Crippen MR) is 92.8 cm³/mol. The van der Waals surface area contributed by atoms with Gasteiger partial charge in [0.25, 0.3) is 5.91 Å². The van der Waals surface area contributed by atoms with E-state index in [1.54, 1.807) is 7.11 Å². The molecule has 0 aliphatic carbocycles. The van der Waals surface area contributed by atoms with Gasteiger partial charge in [0.1, 0.15) is 11.3 Å². The van der Waals surface area contributed by atoms with E-state index in [0.717, 1.165) is 21.5 Å². The number of carbonyl (C=O) groups is 1. The Bertz CT molecular complexity index is 920. The van der Waals surface area contributed by atoms with Crippen LogP contribution in [-0.2, 0) is 18.3 Å². The van der Waals surface area contributed by atoms with Crippen molar-refractivity contribution in [2.45, 2.75) is 13.3 Å². The summed E-state index contributed by atoms with van der Waals surface area (Å²) in [6.45, 7) is 2.03. The highest BCUT2D eigenvalue weighted by atomic mass is 32.1. The molecule has 0 aliphatic heterocycles. The number of hydrogen-bond acceptors (Lipinski definition) is 3. The average molecular weight is 326 g/mol. The summed E-state index contributed by atoms with van der Waals surface area (Å²) in [5.41, 5.74) is 3.12. The van der Waals surface area contributed by atoms with Crippen LogP contribution in [0.1, 0.15) is 11.1 Å². The standard InChI is InChI=1S/C18H18N2O2S/c1-12-7-9-13(10-8-12)11-16(21)19-18-20(2)17-14(22-3)5-4-6-15(17)23-18/h4-10H,11H2,1-3H3. The maximum atomic E-state index is 12.2. The molecule has 0 unspecified atom stereocenters. The van der Waals surface area contributed by atoms with Gasteiger partial charge in [0.15, 0.2) is 4.80 Å². The van der Waals surface area contributed by atoms with E-state index in [1.807, 2.05) is 61.0 Å². The average Bonchev–Trinajstić information content (AvgIpc) is 2.86. The lowest BCUT2D eigenvalue weighted by molar-refractivity contribution is -0.117. The van der Waals surface area contributed by atoms with Gasteiger partial charge < -0.3 is 9.30 Å². The fourth-order valence-electron chi connectivity index (χ4n) is 2.47. The summed E-state index contributed by atoms with van der Waals surface area (Å²) < 4.78 is 8.35. The molecule has 3 aromatic rings. The maximum absolute atomic E-state index is 12.2. The highest BCUT2D eigenvalue weighted by Gasteiger charge is 2.09. The second-order valence-electron chi connectivity index (χ2n) is 5.42. The first-order valence-electron chi connectivity index (χ1n) is 7.34. The Morgan fingerprint density at radius 1 is 1.22 bits per heavy atom. The number of fused-ring (bicyclic) bond motifs is 1. The maximum Gasteiger partial charge on any atom is 0.252 e. The first kappa shape index (κ1) is 15.5. The molecule has 23 heavy (non-hydrogen) atoms. The molecule has 0 radical (unpaired) electrons. The molecule has 118 valence electrons. The molecule has 0 spiro atoms. The molecule has 4 nitrogen and oxygen atoms in total. The number of carbonyl (C=O) groups excluding carboxylic acids is 1. The Balaban J connectivity index is 1.96. The molecule has 1 amide bonds. The highest BCUT2D eigenvalue weighted by molar-refractivity contribution is 7.16. The van der Waals surface area contributed by atoms with Gasteiger partial charge in [0.2, 0.25) is 0 Å². The van der Waals surface area contributed by atoms with Crippen molar-refractivity contribution in [3.8, 4) is 5.75 Å². The molecular weight excluding hydrogens is 308 g/mol. The van der Waals surface area contributed by atoms with Gasteiger partial charge in [0.05, 0.1) is 18.2 Å². The number of benzene rings is 2. The van der Waals surface area contributed by atoms with E-state index in [-0.39, 0.29) is 5.91 Å². The van der Waals surface area contributed by atoms with Gasteiger partial charge in [-0.2, -0.15) is 4.99 Å². The minimum Gasteiger partial charge on any atom is -0.495 e. The van der Waals surface area contributed by atoms with Crippen LogP contribution in [0, 0.1) is 6.92 Å². The number of amides is 1. The Morgan fingerprint density at radius 2 is 1.96 bits per heavy atom. The van der Waals surface area contributed by atoms with Gasteiger partial charge in [-0.05, 0) is 24.6 Å². The number of aryl methyl sites for hydroxylation is 2. The van der Waals surface area contributed by atoms with E-state index in [2.05, 4.69) is 4.99 Å². The first-order valence-corrected chi connectivity index (χ1v) is 8.16. The number of ether oxygens (including phenoxy) is 1. The smallest absolute Gasteiger partial charge is 0.252 e. The molecule has 5 heteroatoms. The second kappa shape index (κ2) is 6.38. The molecule has 0 bridgehead atoms. The third-order valence-corrected chi connectivity index (χ3v) is 4.80. The van der Waals surface area contributed by atoms with E-state index < -0.39 is 0 Å². The summed E-state index contributed by atoms with van der Waals surface area (Å²) in [7, 11) is 3.55. The van der Waals surface area contributed by atoms with Gasteiger partial charge in [-0.15, -0.1) is 0 Å². The van der Waals surface area contributed by atoms with E-state index in [1.165, 1.54) is 16.9 Å². The van der Waals surface area contributed by atoms with Crippen LogP contribution >= 0.6 is 11.3 Å². The topological polar surface area (TPSA) is 43.6 Å². The number of methoxy groups -OCH3 is 1. The van der Waals surface area contributed by atoms with Crippen molar-refractivity contribution in [2.24, 2.45) is 12.0 Å². The fraction of sp³-hybridized carbons (Fsp3) is 0.222. The monoisotopic (exact) mass is 326 g/mol. The van der Waals surface area contributed by atoms with Crippen molar-refractivity contribution in [1.29, 1.82) is 0 Å². The Kier molecular flexibility index (Phi) is 4.30. The minimum atomic E-state index is -0.144. The summed E-state index contributed by atoms with van der Waals surface area (Å²) in [4.78, 5) is 17.2. The molecule has 0 atom stereocenters. The number of rotatable bonds is 3. The molecule has 0 saturated carbocycles. The normalized spacial score (nSPS) is 11.9. The lowest BCUT2D eigenvalue weighted by Gasteiger charge is -2.03. The Labute approximate surface area is 138 Å². The van der Waals surface area contributed by atoms with Crippen molar-refractivity contribution >= 4 is 27.5 Å². The van der Waals surface area contributed by atoms with Crippen LogP contribution in [-0.4, -0.2) is 17.6 Å². The number of thiazole rings is 1. The molecular formula is C18H18N2O2S. The van der Waals surface area contributed by atoms with Gasteiger partial charge in [-0.3, -0.25) is 4.79 Å². The van der Waals surface area contributed by atoms with Crippen LogP contribution in [0.15, 0.2) is 47.5 Å². The summed E-state index contributed by atoms with van der Waals surface area (Å²) in [6.07, 6.45) is 0.311. The van der Waals surface area contributed by atoms with E-state index in [0.29, 0.717) is 11.2 Å². The van der Waals surface area contributed by atoms with Gasteiger partial charge >= 0.3 is 0 Å². The molecule has 0 fully saturated rings. The Hall–Kier alpha value is -2.40. The second-order valence-corrected chi connectivity index (χ2v) is 6.43. The van der Waals surface area contributed by atoms with E-state index in [9.17, 15) is 4.79 Å². The van der Waals surface area contributed by atoms with Gasteiger partial charge in [0, 0.05) is 7.05 Å². The minimum absolute atomic E-state index is 0.144. The van der Waals surface area contributed by atoms with Crippen molar-refractivity contribution in [2.75, 3.05) is 7.11 Å².